The highest BCUT2D eigenvalue weighted by Crippen LogP contribution is 2.41. The first-order valence-electron chi connectivity index (χ1n) is 13.5. The highest BCUT2D eigenvalue weighted by Gasteiger charge is 2.45. The average molecular weight is 471 g/mol. The maximum atomic E-state index is 14.8. The largest absolute Gasteiger partial charge is 0.472 e. The molecule has 4 rings (SSSR count). The van der Waals surface area contributed by atoms with Gasteiger partial charge in [0, 0.05) is 37.3 Å². The fourth-order valence-corrected chi connectivity index (χ4v) is 3.63. The fraction of sp³-hybridized carbons (Fsp3) is 0.391. The van der Waals surface area contributed by atoms with E-state index in [1.54, 1.807) is 10.9 Å². The first-order chi connectivity index (χ1) is 18.4. The second-order valence-electron chi connectivity index (χ2n) is 7.57. The average Bonchev–Trinajstić information content (AvgIpc) is 3.34. The van der Waals surface area contributed by atoms with Crippen LogP contribution in [-0.4, -0.2) is 34.0 Å². The molecule has 176 valence electrons. The van der Waals surface area contributed by atoms with E-state index in [2.05, 4.69) is 15.4 Å². The molecule has 1 aliphatic heterocycles. The van der Waals surface area contributed by atoms with Crippen molar-refractivity contribution in [2.75, 3.05) is 18.8 Å². The van der Waals surface area contributed by atoms with Crippen LogP contribution in [0.25, 0.3) is 11.1 Å². The van der Waals surface area contributed by atoms with E-state index >= 15 is 0 Å². The van der Waals surface area contributed by atoms with E-state index in [9.17, 15) is 17.6 Å². The van der Waals surface area contributed by atoms with Gasteiger partial charge in [0.05, 0.1) is 13.6 Å². The first-order valence-corrected chi connectivity index (χ1v) is 10.0. The van der Waals surface area contributed by atoms with Crippen molar-refractivity contribution in [1.29, 1.82) is 0 Å². The maximum absolute atomic E-state index is 14.8. The summed E-state index contributed by atoms with van der Waals surface area (Å²) in [6, 6.07) is 2.06. The smallest absolute Gasteiger partial charge is 0.429 e. The number of alkyl halides is 3. The van der Waals surface area contributed by atoms with Crippen molar-refractivity contribution in [2.24, 2.45) is 0 Å². The number of nitrogen functional groups attached to an aromatic ring is 1. The van der Waals surface area contributed by atoms with Crippen LogP contribution < -0.4 is 15.8 Å². The molecule has 3 aromatic rings. The summed E-state index contributed by atoms with van der Waals surface area (Å²) in [5.41, 5.74) is 1.92. The molecule has 1 atom stereocenters. The van der Waals surface area contributed by atoms with Gasteiger partial charge in [0.25, 0.3) is 0 Å². The lowest BCUT2D eigenvalue weighted by atomic mass is 9.97. The summed E-state index contributed by atoms with van der Waals surface area (Å²) in [6.45, 7) is -5.35. The van der Waals surface area contributed by atoms with Crippen molar-refractivity contribution >= 4 is 5.82 Å². The van der Waals surface area contributed by atoms with Gasteiger partial charge in [0.15, 0.2) is 11.6 Å². The van der Waals surface area contributed by atoms with Crippen LogP contribution in [0.5, 0.6) is 5.75 Å². The third-order valence-electron chi connectivity index (χ3n) is 5.35. The SMILES string of the molecule is [2H]C([2H])([2H])c1ccc(F)c(C([2H])([2H])[2H])c1C([2H])(Oc1cc(-c2cnn(C3CCNCC3)c2)cnc1N)C(F)(F)F. The number of pyridine rings is 1. The maximum Gasteiger partial charge on any atom is 0.429 e. The molecule has 0 saturated carbocycles. The van der Waals surface area contributed by atoms with Crippen LogP contribution in [0.15, 0.2) is 36.8 Å². The number of halogens is 4. The van der Waals surface area contributed by atoms with Crippen LogP contribution >= 0.6 is 0 Å². The molecule has 3 N–H and O–H groups in total. The van der Waals surface area contributed by atoms with Crippen LogP contribution in [-0.2, 0) is 0 Å². The monoisotopic (exact) mass is 470 g/mol. The van der Waals surface area contributed by atoms with E-state index in [-0.39, 0.29) is 11.6 Å². The Bertz CT molecular complexity index is 1390. The number of aryl methyl sites for hydroxylation is 1. The Morgan fingerprint density at radius 2 is 2.03 bits per heavy atom. The number of aromatic nitrogens is 3. The Kier molecular flexibility index (Phi) is 4.27. The highest BCUT2D eigenvalue weighted by molar-refractivity contribution is 5.66. The van der Waals surface area contributed by atoms with E-state index in [0.29, 0.717) is 17.7 Å². The minimum absolute atomic E-state index is 0.100. The van der Waals surface area contributed by atoms with E-state index < -0.39 is 60.0 Å². The Hall–Kier alpha value is -3.14. The molecule has 0 radical (unpaired) electrons. The number of nitrogens with zero attached hydrogens (tertiary/aromatic N) is 3. The molecule has 3 heterocycles. The number of rotatable bonds is 5. The summed E-state index contributed by atoms with van der Waals surface area (Å²) in [5.74, 6) is -3.05. The van der Waals surface area contributed by atoms with Gasteiger partial charge < -0.3 is 15.8 Å². The zero-order valence-corrected chi connectivity index (χ0v) is 17.2. The van der Waals surface area contributed by atoms with Gasteiger partial charge in [-0.1, -0.05) is 6.07 Å². The van der Waals surface area contributed by atoms with Crippen molar-refractivity contribution in [1.82, 2.24) is 20.1 Å². The second kappa shape index (κ2) is 9.01. The van der Waals surface area contributed by atoms with Crippen LogP contribution in [0.2, 0.25) is 0 Å². The lowest BCUT2D eigenvalue weighted by Crippen LogP contribution is -2.29. The molecule has 2 aromatic heterocycles. The third-order valence-corrected chi connectivity index (χ3v) is 5.35. The minimum Gasteiger partial charge on any atom is -0.472 e. The van der Waals surface area contributed by atoms with Crippen molar-refractivity contribution in [3.8, 4) is 16.9 Å². The molecule has 1 aliphatic rings. The van der Waals surface area contributed by atoms with Gasteiger partial charge in [-0.25, -0.2) is 9.37 Å². The molecular formula is C23H25F4N5O. The number of piperidine rings is 1. The van der Waals surface area contributed by atoms with Gasteiger partial charge >= 0.3 is 6.18 Å². The summed E-state index contributed by atoms with van der Waals surface area (Å²) in [5, 5.41) is 7.55. The van der Waals surface area contributed by atoms with Crippen LogP contribution in [0.4, 0.5) is 23.4 Å². The Balaban J connectivity index is 1.86. The van der Waals surface area contributed by atoms with Crippen LogP contribution in [0, 0.1) is 19.5 Å². The molecule has 10 heteroatoms. The standard InChI is InChI=1S/C23H25F4N5O/c1-13-3-4-18(24)14(2)20(13)21(23(25,26)27)33-19-9-15(10-30-22(19)28)16-11-31-32(12-16)17-5-7-29-8-6-17/h3-4,9-12,17,21,29H,5-8H2,1-2H3,(H2,28,30)/i1D3,2D3,21D. The molecule has 1 unspecified atom stereocenters. The van der Waals surface area contributed by atoms with Gasteiger partial charge in [0.1, 0.15) is 5.82 Å². The molecular weight excluding hydrogens is 438 g/mol. The van der Waals surface area contributed by atoms with Gasteiger partial charge in [-0.2, -0.15) is 18.3 Å². The molecule has 6 nitrogen and oxygen atoms in total. The predicted molar refractivity (Wildman–Crippen MR) is 116 cm³/mol. The number of benzene rings is 1. The third kappa shape index (κ3) is 4.80. The molecule has 1 fully saturated rings. The highest BCUT2D eigenvalue weighted by atomic mass is 19.4. The summed E-state index contributed by atoms with van der Waals surface area (Å²) < 4.78 is 120. The lowest BCUT2D eigenvalue weighted by Gasteiger charge is -2.26. The Labute approximate surface area is 198 Å². The van der Waals surface area contributed by atoms with Gasteiger partial charge in [0.2, 0.25) is 6.08 Å². The Morgan fingerprint density at radius 1 is 1.24 bits per heavy atom. The number of nitrogens with two attached hydrogens (primary N) is 1. The fourth-order valence-electron chi connectivity index (χ4n) is 3.63. The zero-order valence-electron chi connectivity index (χ0n) is 24.2. The van der Waals surface area contributed by atoms with E-state index in [1.165, 1.54) is 12.4 Å². The summed E-state index contributed by atoms with van der Waals surface area (Å²) in [7, 11) is 0. The number of nitrogens with one attached hydrogen (secondary N) is 1. The zero-order chi connectivity index (χ0) is 29.7. The molecule has 33 heavy (non-hydrogen) atoms. The van der Waals surface area contributed by atoms with Crippen molar-refractivity contribution in [3.63, 3.8) is 0 Å². The number of hydrogen-bond acceptors (Lipinski definition) is 5. The molecule has 0 bridgehead atoms. The second-order valence-corrected chi connectivity index (χ2v) is 7.57. The summed E-state index contributed by atoms with van der Waals surface area (Å²) in [6.07, 6.45) is -4.17. The van der Waals surface area contributed by atoms with Crippen LogP contribution in [0.1, 0.15) is 51.2 Å². The van der Waals surface area contributed by atoms with Crippen molar-refractivity contribution in [2.45, 2.75) is 44.8 Å². The van der Waals surface area contributed by atoms with E-state index in [1.807, 2.05) is 0 Å². The van der Waals surface area contributed by atoms with E-state index in [0.717, 1.165) is 32.0 Å². The van der Waals surface area contributed by atoms with Crippen molar-refractivity contribution in [3.05, 3.63) is 59.3 Å². The lowest BCUT2D eigenvalue weighted by molar-refractivity contribution is -0.198. The van der Waals surface area contributed by atoms with Crippen LogP contribution in [0.3, 0.4) is 0 Å². The first kappa shape index (κ1) is 15.7. The molecule has 0 amide bonds. The van der Waals surface area contributed by atoms with Crippen molar-refractivity contribution < 1.29 is 31.9 Å². The van der Waals surface area contributed by atoms with Gasteiger partial charge in [-0.3, -0.25) is 4.68 Å². The number of anilines is 1. The predicted octanol–water partition coefficient (Wildman–Crippen LogP) is 4.89. The Morgan fingerprint density at radius 3 is 2.73 bits per heavy atom. The summed E-state index contributed by atoms with van der Waals surface area (Å²) in [4.78, 5) is 3.86. The quantitative estimate of drug-likeness (QED) is 0.519. The normalized spacial score (nSPS) is 20.9. The number of hydrogen-bond donors (Lipinski definition) is 2. The minimum atomic E-state index is -5.76. The topological polar surface area (TPSA) is 78.0 Å². The van der Waals surface area contributed by atoms with Gasteiger partial charge in [-0.15, -0.1) is 0 Å². The molecule has 0 spiro atoms. The number of ether oxygens (including phenoxy) is 1. The van der Waals surface area contributed by atoms with Gasteiger partial charge in [-0.05, 0) is 62.9 Å². The molecule has 0 aliphatic carbocycles. The molecule has 1 aromatic carbocycles. The summed E-state index contributed by atoms with van der Waals surface area (Å²) >= 11 is 0. The molecule has 1 saturated heterocycles. The van der Waals surface area contributed by atoms with E-state index in [4.69, 9.17) is 20.1 Å².